The second-order valence-electron chi connectivity index (χ2n) is 6.68. The lowest BCUT2D eigenvalue weighted by molar-refractivity contribution is -0.163. The summed E-state index contributed by atoms with van der Waals surface area (Å²) >= 11 is 0. The van der Waals surface area contributed by atoms with Gasteiger partial charge in [0, 0.05) is 5.41 Å². The van der Waals surface area contributed by atoms with Crippen molar-refractivity contribution in [1.82, 2.24) is 0 Å². The third-order valence-corrected chi connectivity index (χ3v) is 4.69. The van der Waals surface area contributed by atoms with Crippen molar-refractivity contribution < 1.29 is 10.2 Å². The fraction of sp³-hybridized carbons (Fsp3) is 1.00. The molecule has 2 aliphatic rings. The molecular weight excluding hydrogens is 188 g/mol. The van der Waals surface area contributed by atoms with E-state index >= 15 is 0 Å². The van der Waals surface area contributed by atoms with Gasteiger partial charge in [-0.2, -0.15) is 0 Å². The summed E-state index contributed by atoms with van der Waals surface area (Å²) < 4.78 is 0. The predicted molar refractivity (Wildman–Crippen MR) is 60.5 cm³/mol. The summed E-state index contributed by atoms with van der Waals surface area (Å²) in [7, 11) is 0. The van der Waals surface area contributed by atoms with Gasteiger partial charge in [-0.05, 0) is 52.4 Å². The highest BCUT2D eigenvalue weighted by molar-refractivity contribution is 5.05. The van der Waals surface area contributed by atoms with E-state index in [1.54, 1.807) is 0 Å². The average molecular weight is 212 g/mol. The molecule has 2 rings (SSSR count). The van der Waals surface area contributed by atoms with Crippen LogP contribution in [0.1, 0.15) is 59.3 Å². The van der Waals surface area contributed by atoms with Crippen molar-refractivity contribution in [2.45, 2.75) is 70.5 Å². The second kappa shape index (κ2) is 3.21. The normalized spacial score (nSPS) is 46.6. The van der Waals surface area contributed by atoms with Crippen molar-refractivity contribution in [2.24, 2.45) is 11.3 Å². The monoisotopic (exact) mass is 212 g/mol. The maximum absolute atomic E-state index is 10.4. The largest absolute Gasteiger partial charge is 0.390 e. The van der Waals surface area contributed by atoms with E-state index in [0.29, 0.717) is 5.92 Å². The van der Waals surface area contributed by atoms with Crippen LogP contribution in [-0.2, 0) is 0 Å². The molecule has 2 N–H and O–H groups in total. The SMILES string of the molecule is CC1(O)CC2CCCC(C(C)(C)O)(C2)C1. The number of aliphatic hydroxyl groups is 2. The van der Waals surface area contributed by atoms with Gasteiger partial charge >= 0.3 is 0 Å². The third-order valence-electron chi connectivity index (χ3n) is 4.69. The molecule has 2 heteroatoms. The Kier molecular flexibility index (Phi) is 2.44. The van der Waals surface area contributed by atoms with Crippen LogP contribution in [0.4, 0.5) is 0 Å². The van der Waals surface area contributed by atoms with Crippen LogP contribution in [0.15, 0.2) is 0 Å². The molecule has 0 radical (unpaired) electrons. The molecule has 2 saturated carbocycles. The summed E-state index contributed by atoms with van der Waals surface area (Å²) in [6.07, 6.45) is 6.30. The van der Waals surface area contributed by atoms with Crippen molar-refractivity contribution in [3.8, 4) is 0 Å². The topological polar surface area (TPSA) is 40.5 Å². The molecule has 0 aliphatic heterocycles. The third kappa shape index (κ3) is 1.94. The minimum atomic E-state index is -0.657. The fourth-order valence-electron chi connectivity index (χ4n) is 4.02. The Morgan fingerprint density at radius 3 is 2.53 bits per heavy atom. The van der Waals surface area contributed by atoms with E-state index < -0.39 is 11.2 Å². The van der Waals surface area contributed by atoms with Gasteiger partial charge in [0.1, 0.15) is 0 Å². The molecule has 0 saturated heterocycles. The summed E-state index contributed by atoms with van der Waals surface area (Å²) in [5.74, 6) is 0.619. The molecule has 3 unspecified atom stereocenters. The van der Waals surface area contributed by atoms with Gasteiger partial charge in [-0.15, -0.1) is 0 Å². The van der Waals surface area contributed by atoms with Crippen LogP contribution in [0, 0.1) is 11.3 Å². The Morgan fingerprint density at radius 1 is 1.27 bits per heavy atom. The predicted octanol–water partition coefficient (Wildman–Crippen LogP) is 2.48. The van der Waals surface area contributed by atoms with E-state index in [0.717, 1.165) is 25.7 Å². The fourth-order valence-corrected chi connectivity index (χ4v) is 4.02. The van der Waals surface area contributed by atoms with Crippen LogP contribution in [0.25, 0.3) is 0 Å². The smallest absolute Gasteiger partial charge is 0.0648 e. The maximum atomic E-state index is 10.4. The molecular formula is C13H24O2. The summed E-state index contributed by atoms with van der Waals surface area (Å²) in [4.78, 5) is 0. The summed E-state index contributed by atoms with van der Waals surface area (Å²) in [6, 6.07) is 0. The van der Waals surface area contributed by atoms with Gasteiger partial charge in [-0.25, -0.2) is 0 Å². The number of rotatable bonds is 1. The molecule has 2 aliphatic carbocycles. The highest BCUT2D eigenvalue weighted by Crippen LogP contribution is 2.57. The zero-order valence-corrected chi connectivity index (χ0v) is 10.2. The lowest BCUT2D eigenvalue weighted by atomic mass is 9.52. The van der Waals surface area contributed by atoms with E-state index in [4.69, 9.17) is 0 Å². The molecule has 0 aromatic rings. The Balaban J connectivity index is 2.29. The lowest BCUT2D eigenvalue weighted by Gasteiger charge is -2.56. The van der Waals surface area contributed by atoms with Crippen molar-refractivity contribution in [3.63, 3.8) is 0 Å². The van der Waals surface area contributed by atoms with E-state index in [1.807, 2.05) is 20.8 Å². The van der Waals surface area contributed by atoms with Crippen LogP contribution < -0.4 is 0 Å². The molecule has 0 heterocycles. The molecule has 2 fully saturated rings. The minimum absolute atomic E-state index is 0.0440. The summed E-state index contributed by atoms with van der Waals surface area (Å²) in [5, 5.41) is 20.7. The van der Waals surface area contributed by atoms with Gasteiger partial charge < -0.3 is 10.2 Å². The van der Waals surface area contributed by atoms with Gasteiger partial charge in [0.25, 0.3) is 0 Å². The molecule has 0 aromatic carbocycles. The van der Waals surface area contributed by atoms with Gasteiger partial charge in [0.15, 0.2) is 0 Å². The summed E-state index contributed by atoms with van der Waals surface area (Å²) in [5.41, 5.74) is -1.27. The van der Waals surface area contributed by atoms with Crippen LogP contribution in [-0.4, -0.2) is 21.4 Å². The molecule has 0 amide bonds. The Hall–Kier alpha value is -0.0800. The van der Waals surface area contributed by atoms with Crippen molar-refractivity contribution in [2.75, 3.05) is 0 Å². The molecule has 2 bridgehead atoms. The minimum Gasteiger partial charge on any atom is -0.390 e. The Labute approximate surface area is 92.7 Å². The zero-order valence-electron chi connectivity index (χ0n) is 10.2. The molecule has 2 nitrogen and oxygen atoms in total. The molecule has 0 aromatic heterocycles. The molecule has 15 heavy (non-hydrogen) atoms. The van der Waals surface area contributed by atoms with E-state index in [-0.39, 0.29) is 5.41 Å². The van der Waals surface area contributed by atoms with Gasteiger partial charge in [0.05, 0.1) is 11.2 Å². The standard InChI is InChI=1S/C13H24O2/c1-11(2,14)13-6-4-5-10(8-13)7-12(3,15)9-13/h10,14-15H,4-9H2,1-3H3. The number of hydrogen-bond donors (Lipinski definition) is 2. The van der Waals surface area contributed by atoms with E-state index in [1.165, 1.54) is 12.8 Å². The van der Waals surface area contributed by atoms with Crippen LogP contribution in [0.2, 0.25) is 0 Å². The van der Waals surface area contributed by atoms with Gasteiger partial charge in [-0.1, -0.05) is 12.8 Å². The highest BCUT2D eigenvalue weighted by Gasteiger charge is 2.53. The van der Waals surface area contributed by atoms with Gasteiger partial charge in [-0.3, -0.25) is 0 Å². The van der Waals surface area contributed by atoms with Gasteiger partial charge in [0.2, 0.25) is 0 Å². The van der Waals surface area contributed by atoms with Crippen LogP contribution >= 0.6 is 0 Å². The zero-order chi connectivity index (χ0) is 11.3. The lowest BCUT2D eigenvalue weighted by Crippen LogP contribution is -2.55. The number of hydrogen-bond acceptors (Lipinski definition) is 2. The first-order valence-electron chi connectivity index (χ1n) is 6.19. The highest BCUT2D eigenvalue weighted by atomic mass is 16.3. The maximum Gasteiger partial charge on any atom is 0.0648 e. The second-order valence-corrected chi connectivity index (χ2v) is 6.68. The van der Waals surface area contributed by atoms with E-state index in [2.05, 4.69) is 0 Å². The first-order chi connectivity index (χ1) is 6.74. The quantitative estimate of drug-likeness (QED) is 0.701. The van der Waals surface area contributed by atoms with Crippen molar-refractivity contribution >= 4 is 0 Å². The molecule has 88 valence electrons. The Morgan fingerprint density at radius 2 is 1.93 bits per heavy atom. The van der Waals surface area contributed by atoms with Crippen molar-refractivity contribution in [1.29, 1.82) is 0 Å². The Bertz CT molecular complexity index is 252. The first kappa shape index (κ1) is 11.4. The first-order valence-corrected chi connectivity index (χ1v) is 6.19. The number of fused-ring (bicyclic) bond motifs is 2. The molecule has 0 spiro atoms. The van der Waals surface area contributed by atoms with E-state index in [9.17, 15) is 10.2 Å². The van der Waals surface area contributed by atoms with Crippen LogP contribution in [0.5, 0.6) is 0 Å². The van der Waals surface area contributed by atoms with Crippen molar-refractivity contribution in [3.05, 3.63) is 0 Å². The average Bonchev–Trinajstić information content (AvgIpc) is 1.98. The summed E-state index contributed by atoms with van der Waals surface area (Å²) in [6.45, 7) is 5.76. The molecule has 3 atom stereocenters. The van der Waals surface area contributed by atoms with Crippen LogP contribution in [0.3, 0.4) is 0 Å².